The van der Waals surface area contributed by atoms with Crippen molar-refractivity contribution in [2.24, 2.45) is 11.1 Å². The lowest BCUT2D eigenvalue weighted by molar-refractivity contribution is -0.140. The van der Waals surface area contributed by atoms with Gasteiger partial charge >= 0.3 is 6.09 Å². The first kappa shape index (κ1) is 39.4. The monoisotopic (exact) mass is 699 g/mol. The average molecular weight is 700 g/mol. The Bertz CT molecular complexity index is 1570. The van der Waals surface area contributed by atoms with Crippen LogP contribution in [0.25, 0.3) is 11.1 Å². The summed E-state index contributed by atoms with van der Waals surface area (Å²) >= 11 is 0. The maximum atomic E-state index is 15.1. The van der Waals surface area contributed by atoms with E-state index in [1.807, 2.05) is 55.7 Å². The number of benzene rings is 2. The van der Waals surface area contributed by atoms with E-state index in [9.17, 15) is 29.0 Å². The molecule has 0 aliphatic heterocycles. The van der Waals surface area contributed by atoms with Crippen LogP contribution in [-0.4, -0.2) is 89.4 Å². The van der Waals surface area contributed by atoms with E-state index in [2.05, 4.69) is 25.0 Å². The molecule has 0 radical (unpaired) electrons. The Kier molecular flexibility index (Phi) is 13.7. The number of carbonyl (C=O) groups excluding carboxylic acids is 2. The quantitative estimate of drug-likeness (QED) is 0.145. The molecule has 2 aromatic carbocycles. The first-order valence-corrected chi connectivity index (χ1v) is 20.2. The van der Waals surface area contributed by atoms with E-state index in [1.165, 1.54) is 4.90 Å². The summed E-state index contributed by atoms with van der Waals surface area (Å²) in [4.78, 5) is 42.2. The number of halogens is 2. The highest BCUT2D eigenvalue weighted by atomic mass is 28.3. The van der Waals surface area contributed by atoms with Crippen LogP contribution in [0.4, 0.5) is 13.6 Å². The maximum Gasteiger partial charge on any atom is 0.407 e. The van der Waals surface area contributed by atoms with Crippen molar-refractivity contribution >= 4 is 26.0 Å². The molecule has 1 aromatic heterocycles. The standard InChI is InChI=1S/C36H51F2N5O5Si/c1-36(2,3)33(31-20-26(28-21-27(37)12-13-29(28)38)23-41(31)22-25-10-8-7-9-11-25)43(32(45)24-44)17-14-30(34(46)40-16-15-39)42(35(47)48)18-19-49(4,5)6/h7-13,20-21,23,30,33,44H,14-19,22,24,39H2,1-6H3,(H,40,46)(H,47,48)/t30-,33-/m0/s1. The maximum absolute atomic E-state index is 15.1. The minimum atomic E-state index is -1.71. The van der Waals surface area contributed by atoms with E-state index in [0.29, 0.717) is 23.8 Å². The normalized spacial score (nSPS) is 13.1. The highest BCUT2D eigenvalue weighted by Gasteiger charge is 2.39. The molecular formula is C36H51F2N5O5Si. The first-order valence-electron chi connectivity index (χ1n) is 16.5. The van der Waals surface area contributed by atoms with Crippen LogP contribution in [0.5, 0.6) is 0 Å². The number of hydrogen-bond acceptors (Lipinski definition) is 5. The molecule has 3 amide bonds. The molecule has 5 N–H and O–H groups in total. The summed E-state index contributed by atoms with van der Waals surface area (Å²) in [5.74, 6) is -2.37. The van der Waals surface area contributed by atoms with Gasteiger partial charge in [-0.3, -0.25) is 14.5 Å². The van der Waals surface area contributed by atoms with Crippen molar-refractivity contribution in [1.29, 1.82) is 0 Å². The molecule has 0 spiro atoms. The van der Waals surface area contributed by atoms with Gasteiger partial charge in [-0.2, -0.15) is 0 Å². The highest BCUT2D eigenvalue weighted by Crippen LogP contribution is 2.41. The molecule has 10 nitrogen and oxygen atoms in total. The summed E-state index contributed by atoms with van der Waals surface area (Å²) in [6.45, 7) is 12.0. The van der Waals surface area contributed by atoms with Crippen LogP contribution in [0.2, 0.25) is 25.7 Å². The van der Waals surface area contributed by atoms with Gasteiger partial charge in [-0.25, -0.2) is 13.6 Å². The van der Waals surface area contributed by atoms with Crippen LogP contribution < -0.4 is 11.1 Å². The van der Waals surface area contributed by atoms with Gasteiger partial charge in [0, 0.05) is 63.8 Å². The number of nitrogens with zero attached hydrogens (tertiary/aromatic N) is 3. The summed E-state index contributed by atoms with van der Waals surface area (Å²) in [6, 6.07) is 13.2. The van der Waals surface area contributed by atoms with Crippen molar-refractivity contribution < 1.29 is 33.4 Å². The third kappa shape index (κ3) is 11.0. The Labute approximate surface area is 288 Å². The summed E-state index contributed by atoms with van der Waals surface area (Å²) in [5, 5.41) is 23.1. The molecule has 0 saturated heterocycles. The van der Waals surface area contributed by atoms with E-state index in [1.54, 1.807) is 12.3 Å². The van der Waals surface area contributed by atoms with Gasteiger partial charge in [0.1, 0.15) is 24.3 Å². The van der Waals surface area contributed by atoms with Crippen molar-refractivity contribution in [3.05, 3.63) is 83.7 Å². The molecule has 0 aliphatic carbocycles. The van der Waals surface area contributed by atoms with Crippen molar-refractivity contribution in [2.45, 2.75) is 71.5 Å². The number of amides is 3. The fraction of sp³-hybridized carbons (Fsp3) is 0.472. The third-order valence-corrected chi connectivity index (χ3v) is 10.1. The van der Waals surface area contributed by atoms with E-state index in [4.69, 9.17) is 5.73 Å². The fourth-order valence-electron chi connectivity index (χ4n) is 5.94. The van der Waals surface area contributed by atoms with Crippen LogP contribution in [0.15, 0.2) is 60.8 Å². The average Bonchev–Trinajstić information content (AvgIpc) is 3.42. The zero-order valence-electron chi connectivity index (χ0n) is 29.4. The smallest absolute Gasteiger partial charge is 0.407 e. The molecule has 3 rings (SSSR count). The predicted octanol–water partition coefficient (Wildman–Crippen LogP) is 5.54. The molecule has 0 fully saturated rings. The van der Waals surface area contributed by atoms with Crippen molar-refractivity contribution in [3.8, 4) is 11.1 Å². The molecule has 1 heterocycles. The van der Waals surface area contributed by atoms with E-state index < -0.39 is 61.7 Å². The predicted molar refractivity (Wildman–Crippen MR) is 190 cm³/mol. The zero-order chi connectivity index (χ0) is 36.5. The zero-order valence-corrected chi connectivity index (χ0v) is 30.4. The van der Waals surface area contributed by atoms with E-state index in [-0.39, 0.29) is 38.2 Å². The Balaban J connectivity index is 2.16. The molecule has 0 saturated carbocycles. The number of nitrogens with two attached hydrogens (primary N) is 1. The number of hydrogen-bond donors (Lipinski definition) is 4. The van der Waals surface area contributed by atoms with Gasteiger partial charge in [0.25, 0.3) is 0 Å². The molecular weight excluding hydrogens is 649 g/mol. The molecule has 0 aliphatic rings. The molecule has 268 valence electrons. The highest BCUT2D eigenvalue weighted by molar-refractivity contribution is 6.76. The Morgan fingerprint density at radius 2 is 1.67 bits per heavy atom. The molecule has 3 aromatic rings. The van der Waals surface area contributed by atoms with Gasteiger partial charge in [0.05, 0.1) is 6.04 Å². The van der Waals surface area contributed by atoms with Crippen LogP contribution in [0.3, 0.4) is 0 Å². The topological polar surface area (TPSA) is 141 Å². The van der Waals surface area contributed by atoms with Crippen molar-refractivity contribution in [3.63, 3.8) is 0 Å². The van der Waals surface area contributed by atoms with Crippen LogP contribution in [0.1, 0.15) is 44.5 Å². The lowest BCUT2D eigenvalue weighted by atomic mass is 9.82. The first-order chi connectivity index (χ1) is 23.0. The summed E-state index contributed by atoms with van der Waals surface area (Å²) in [7, 11) is -1.71. The summed E-state index contributed by atoms with van der Waals surface area (Å²) in [5.41, 5.74) is 6.91. The molecule has 0 bridgehead atoms. The Hall–Kier alpha value is -4.07. The van der Waals surface area contributed by atoms with Gasteiger partial charge in [-0.1, -0.05) is 70.7 Å². The van der Waals surface area contributed by atoms with Crippen LogP contribution >= 0.6 is 0 Å². The Morgan fingerprint density at radius 1 is 1.00 bits per heavy atom. The minimum absolute atomic E-state index is 0.0527. The van der Waals surface area contributed by atoms with Gasteiger partial charge in [-0.05, 0) is 47.7 Å². The van der Waals surface area contributed by atoms with Gasteiger partial charge in [0.15, 0.2) is 0 Å². The van der Waals surface area contributed by atoms with Crippen LogP contribution in [-0.2, 0) is 16.1 Å². The minimum Gasteiger partial charge on any atom is -0.465 e. The van der Waals surface area contributed by atoms with Crippen LogP contribution in [0, 0.1) is 17.0 Å². The second kappa shape index (κ2) is 17.0. The van der Waals surface area contributed by atoms with Crippen molar-refractivity contribution in [2.75, 3.05) is 32.8 Å². The van der Waals surface area contributed by atoms with E-state index >= 15 is 4.39 Å². The number of nitrogens with one attached hydrogen (secondary N) is 1. The molecule has 49 heavy (non-hydrogen) atoms. The lowest BCUT2D eigenvalue weighted by Crippen LogP contribution is -2.53. The SMILES string of the molecule is CC(C)(C)[C@H](c1cc(-c2cc(F)ccc2F)cn1Cc1ccccc1)N(CC[C@@H](C(=O)NCCN)N(CC[Si](C)(C)C)C(=O)O)C(=O)CO. The second-order valence-electron chi connectivity index (χ2n) is 14.6. The number of carboxylic acid groups (broad SMARTS) is 1. The molecule has 2 atom stereocenters. The summed E-state index contributed by atoms with van der Waals surface area (Å²) < 4.78 is 31.3. The van der Waals surface area contributed by atoms with Gasteiger partial charge < -0.3 is 30.7 Å². The second-order valence-corrected chi connectivity index (χ2v) is 20.2. The third-order valence-electron chi connectivity index (χ3n) is 8.35. The number of aromatic nitrogens is 1. The van der Waals surface area contributed by atoms with Crippen molar-refractivity contribution in [1.82, 2.24) is 19.7 Å². The largest absolute Gasteiger partial charge is 0.465 e. The number of carbonyl (C=O) groups is 3. The fourth-order valence-corrected chi connectivity index (χ4v) is 6.86. The number of aliphatic hydroxyl groups excluding tert-OH is 1. The molecule has 0 unspecified atom stereocenters. The lowest BCUT2D eigenvalue weighted by Gasteiger charge is -2.41. The summed E-state index contributed by atoms with van der Waals surface area (Å²) in [6.07, 6.45) is 0.404. The van der Waals surface area contributed by atoms with Gasteiger partial charge in [0.2, 0.25) is 11.8 Å². The van der Waals surface area contributed by atoms with Gasteiger partial charge in [-0.15, -0.1) is 0 Å². The Morgan fingerprint density at radius 3 is 2.24 bits per heavy atom. The number of rotatable bonds is 16. The number of aliphatic hydroxyl groups is 1. The molecule has 13 heteroatoms. The van der Waals surface area contributed by atoms with E-state index in [0.717, 1.165) is 28.7 Å².